The number of hydrogen-bond acceptors (Lipinski definition) is 3. The molecule has 0 aromatic heterocycles. The lowest BCUT2D eigenvalue weighted by Gasteiger charge is -2.30. The van der Waals surface area contributed by atoms with Crippen molar-refractivity contribution in [2.24, 2.45) is 5.92 Å². The second-order valence-corrected chi connectivity index (χ2v) is 7.59. The summed E-state index contributed by atoms with van der Waals surface area (Å²) in [5.74, 6) is 0.547. The van der Waals surface area contributed by atoms with Crippen molar-refractivity contribution in [1.29, 1.82) is 0 Å². The molecule has 0 bridgehead atoms. The Hall–Kier alpha value is -1.60. The van der Waals surface area contributed by atoms with Crippen LogP contribution in [0.3, 0.4) is 0 Å². The summed E-state index contributed by atoms with van der Waals surface area (Å²) in [4.78, 5) is 14.2. The molecule has 22 heavy (non-hydrogen) atoms. The van der Waals surface area contributed by atoms with Crippen LogP contribution in [0.5, 0.6) is 0 Å². The Bertz CT molecular complexity index is 613. The molecule has 0 spiro atoms. The molecule has 1 heterocycles. The van der Waals surface area contributed by atoms with Crippen LogP contribution in [0.25, 0.3) is 0 Å². The van der Waals surface area contributed by atoms with E-state index in [1.54, 1.807) is 12.1 Å². The van der Waals surface area contributed by atoms with Crippen LogP contribution in [0.4, 0.5) is 4.79 Å². The zero-order chi connectivity index (χ0) is 16.2. The van der Waals surface area contributed by atoms with E-state index in [1.807, 2.05) is 4.90 Å². The number of carbonyl (C=O) groups excluding carboxylic acids is 1. The molecule has 2 amide bonds. The van der Waals surface area contributed by atoms with E-state index < -0.39 is 10.0 Å². The fraction of sp³-hybridized carbons (Fsp3) is 0.533. The Morgan fingerprint density at radius 2 is 2.00 bits per heavy atom. The molecule has 0 radical (unpaired) electrons. The maximum Gasteiger partial charge on any atom is 0.317 e. The number of carbonyl (C=O) groups is 1. The molecule has 6 nitrogen and oxygen atoms in total. The number of piperidine rings is 1. The molecule has 122 valence electrons. The van der Waals surface area contributed by atoms with Gasteiger partial charge in [-0.25, -0.2) is 17.9 Å². The summed E-state index contributed by atoms with van der Waals surface area (Å²) in [6.45, 7) is 4.14. The summed E-state index contributed by atoms with van der Waals surface area (Å²) < 4.78 is 25.5. The minimum atomic E-state index is -3.42. The van der Waals surface area contributed by atoms with Crippen molar-refractivity contribution in [3.8, 4) is 0 Å². The molecule has 1 saturated heterocycles. The van der Waals surface area contributed by atoms with E-state index in [2.05, 4.69) is 17.0 Å². The Kier molecular flexibility index (Phi) is 5.42. The molecular weight excluding hydrogens is 302 g/mol. The smallest absolute Gasteiger partial charge is 0.317 e. The van der Waals surface area contributed by atoms with E-state index in [9.17, 15) is 13.2 Å². The van der Waals surface area contributed by atoms with Gasteiger partial charge in [-0.05, 0) is 43.5 Å². The summed E-state index contributed by atoms with van der Waals surface area (Å²) in [7, 11) is -2.04. The molecule has 0 aliphatic carbocycles. The number of benzene rings is 1. The predicted molar refractivity (Wildman–Crippen MR) is 84.9 cm³/mol. The van der Waals surface area contributed by atoms with E-state index >= 15 is 0 Å². The number of nitrogens with one attached hydrogen (secondary N) is 2. The number of hydrogen-bond donors (Lipinski definition) is 2. The highest BCUT2D eigenvalue weighted by molar-refractivity contribution is 7.89. The third kappa shape index (κ3) is 4.20. The second-order valence-electron chi connectivity index (χ2n) is 5.70. The first-order valence-corrected chi connectivity index (χ1v) is 8.96. The predicted octanol–water partition coefficient (Wildman–Crippen LogP) is 1.54. The van der Waals surface area contributed by atoms with Gasteiger partial charge >= 0.3 is 6.03 Å². The number of likely N-dealkylation sites (tertiary alicyclic amines) is 1. The normalized spacial score (nSPS) is 19.0. The van der Waals surface area contributed by atoms with Crippen molar-refractivity contribution in [1.82, 2.24) is 14.9 Å². The van der Waals surface area contributed by atoms with E-state index in [0.29, 0.717) is 12.5 Å². The van der Waals surface area contributed by atoms with E-state index in [4.69, 9.17) is 0 Å². The third-order valence-corrected chi connectivity index (χ3v) is 5.32. The average Bonchev–Trinajstić information content (AvgIpc) is 2.53. The summed E-state index contributed by atoms with van der Waals surface area (Å²) in [5, 5.41) is 2.88. The molecule has 1 aliphatic heterocycles. The van der Waals surface area contributed by atoms with Gasteiger partial charge in [-0.15, -0.1) is 0 Å². The van der Waals surface area contributed by atoms with Gasteiger partial charge in [-0.2, -0.15) is 0 Å². The molecule has 1 aromatic carbocycles. The topological polar surface area (TPSA) is 78.5 Å². The quantitative estimate of drug-likeness (QED) is 0.881. The van der Waals surface area contributed by atoms with Gasteiger partial charge in [-0.1, -0.05) is 19.1 Å². The molecule has 1 aromatic rings. The van der Waals surface area contributed by atoms with Gasteiger partial charge < -0.3 is 10.2 Å². The fourth-order valence-corrected chi connectivity index (χ4v) is 3.30. The molecule has 1 unspecified atom stereocenters. The Morgan fingerprint density at radius 3 is 2.59 bits per heavy atom. The standard InChI is InChI=1S/C15H23N3O3S/c1-12-4-3-9-18(11-12)15(19)17-10-13-5-7-14(8-6-13)22(20,21)16-2/h5-8,12,16H,3-4,9-11H2,1-2H3,(H,17,19). The number of amides is 2. The van der Waals surface area contributed by atoms with Crippen molar-refractivity contribution in [3.63, 3.8) is 0 Å². The maximum atomic E-state index is 12.1. The Balaban J connectivity index is 1.90. The molecule has 0 saturated carbocycles. The first-order valence-electron chi connectivity index (χ1n) is 7.47. The highest BCUT2D eigenvalue weighted by atomic mass is 32.2. The minimum Gasteiger partial charge on any atom is -0.334 e. The maximum absolute atomic E-state index is 12.1. The van der Waals surface area contributed by atoms with E-state index in [1.165, 1.54) is 25.6 Å². The van der Waals surface area contributed by atoms with Gasteiger partial charge in [0.05, 0.1) is 4.90 Å². The molecule has 1 atom stereocenters. The summed E-state index contributed by atoms with van der Waals surface area (Å²) >= 11 is 0. The molecule has 1 fully saturated rings. The van der Waals surface area contributed by atoms with Crippen LogP contribution >= 0.6 is 0 Å². The molecule has 2 rings (SSSR count). The number of nitrogens with zero attached hydrogens (tertiary/aromatic N) is 1. The van der Waals surface area contributed by atoms with Crippen LogP contribution in [0.15, 0.2) is 29.2 Å². The van der Waals surface area contributed by atoms with E-state index in [-0.39, 0.29) is 10.9 Å². The lowest BCUT2D eigenvalue weighted by Crippen LogP contribution is -2.44. The second kappa shape index (κ2) is 7.11. The van der Waals surface area contributed by atoms with Crippen LogP contribution in [-0.4, -0.2) is 39.5 Å². The number of urea groups is 1. The number of sulfonamides is 1. The molecule has 7 heteroatoms. The van der Waals surface area contributed by atoms with Crippen LogP contribution in [0.2, 0.25) is 0 Å². The van der Waals surface area contributed by atoms with Gasteiger partial charge in [0.15, 0.2) is 0 Å². The summed E-state index contributed by atoms with van der Waals surface area (Å²) in [5.41, 5.74) is 0.869. The summed E-state index contributed by atoms with van der Waals surface area (Å²) in [6, 6.07) is 6.44. The number of rotatable bonds is 4. The van der Waals surface area contributed by atoms with Gasteiger partial charge in [0, 0.05) is 19.6 Å². The lowest BCUT2D eigenvalue weighted by molar-refractivity contribution is 0.169. The van der Waals surface area contributed by atoms with Crippen molar-refractivity contribution in [2.45, 2.75) is 31.2 Å². The molecule has 1 aliphatic rings. The SMILES string of the molecule is CNS(=O)(=O)c1ccc(CNC(=O)N2CCCC(C)C2)cc1. The molecular formula is C15H23N3O3S. The third-order valence-electron chi connectivity index (χ3n) is 3.89. The first kappa shape index (κ1) is 16.8. The highest BCUT2D eigenvalue weighted by Gasteiger charge is 2.20. The largest absolute Gasteiger partial charge is 0.334 e. The van der Waals surface area contributed by atoms with Crippen LogP contribution in [-0.2, 0) is 16.6 Å². The molecule has 2 N–H and O–H groups in total. The Labute approximate surface area is 131 Å². The zero-order valence-corrected chi connectivity index (χ0v) is 13.8. The van der Waals surface area contributed by atoms with Gasteiger partial charge in [0.2, 0.25) is 10.0 Å². The average molecular weight is 325 g/mol. The van der Waals surface area contributed by atoms with Crippen LogP contribution < -0.4 is 10.0 Å². The van der Waals surface area contributed by atoms with E-state index in [0.717, 1.165) is 25.1 Å². The fourth-order valence-electron chi connectivity index (χ4n) is 2.57. The van der Waals surface area contributed by atoms with Crippen LogP contribution in [0.1, 0.15) is 25.3 Å². The van der Waals surface area contributed by atoms with Crippen molar-refractivity contribution >= 4 is 16.1 Å². The lowest BCUT2D eigenvalue weighted by atomic mass is 10.0. The minimum absolute atomic E-state index is 0.0570. The van der Waals surface area contributed by atoms with Crippen molar-refractivity contribution in [3.05, 3.63) is 29.8 Å². The van der Waals surface area contributed by atoms with Gasteiger partial charge in [-0.3, -0.25) is 0 Å². The van der Waals surface area contributed by atoms with Gasteiger partial charge in [0.25, 0.3) is 0 Å². The highest BCUT2D eigenvalue weighted by Crippen LogP contribution is 2.15. The van der Waals surface area contributed by atoms with Gasteiger partial charge in [0.1, 0.15) is 0 Å². The van der Waals surface area contributed by atoms with Crippen LogP contribution in [0, 0.1) is 5.92 Å². The zero-order valence-electron chi connectivity index (χ0n) is 13.0. The first-order chi connectivity index (χ1) is 10.4. The van der Waals surface area contributed by atoms with Crippen molar-refractivity contribution in [2.75, 3.05) is 20.1 Å². The monoisotopic (exact) mass is 325 g/mol. The summed E-state index contributed by atoms with van der Waals surface area (Å²) in [6.07, 6.45) is 2.22. The van der Waals surface area contributed by atoms with Crippen molar-refractivity contribution < 1.29 is 13.2 Å². The Morgan fingerprint density at radius 1 is 1.32 bits per heavy atom.